The Labute approximate surface area is 118 Å². The highest BCUT2D eigenvalue weighted by Crippen LogP contribution is 2.28. The Morgan fingerprint density at radius 2 is 2.30 bits per heavy atom. The summed E-state index contributed by atoms with van der Waals surface area (Å²) in [6.07, 6.45) is 5.42. The van der Waals surface area contributed by atoms with Gasteiger partial charge in [-0.25, -0.2) is 4.98 Å². The molecule has 6 heteroatoms. The molecule has 2 atom stereocenters. The first kappa shape index (κ1) is 12.1. The Bertz CT molecular complexity index is 621. The van der Waals surface area contributed by atoms with E-state index in [1.54, 1.807) is 6.33 Å². The van der Waals surface area contributed by atoms with Crippen molar-refractivity contribution in [1.82, 2.24) is 24.9 Å². The number of nitrogens with one attached hydrogen (secondary N) is 1. The van der Waals surface area contributed by atoms with E-state index in [9.17, 15) is 0 Å². The molecule has 106 valence electrons. The van der Waals surface area contributed by atoms with E-state index in [4.69, 9.17) is 0 Å². The maximum atomic E-state index is 4.42. The number of aryl methyl sites for hydroxylation is 1. The number of aromatic nitrogens is 4. The van der Waals surface area contributed by atoms with Gasteiger partial charge in [0.15, 0.2) is 0 Å². The van der Waals surface area contributed by atoms with Gasteiger partial charge >= 0.3 is 0 Å². The molecule has 1 N–H and O–H groups in total. The van der Waals surface area contributed by atoms with Crippen LogP contribution in [0, 0.1) is 12.8 Å². The Hall–Kier alpha value is -1.69. The molecule has 2 aromatic rings. The highest BCUT2D eigenvalue weighted by Gasteiger charge is 2.31. The first-order valence-corrected chi connectivity index (χ1v) is 7.47. The van der Waals surface area contributed by atoms with Crippen LogP contribution in [0.25, 0.3) is 5.78 Å². The van der Waals surface area contributed by atoms with Gasteiger partial charge in [0.1, 0.15) is 12.1 Å². The van der Waals surface area contributed by atoms with Crippen molar-refractivity contribution in [1.29, 1.82) is 0 Å². The van der Waals surface area contributed by atoms with Crippen molar-refractivity contribution in [2.24, 2.45) is 5.92 Å². The van der Waals surface area contributed by atoms with Crippen LogP contribution in [-0.2, 0) is 0 Å². The van der Waals surface area contributed by atoms with E-state index < -0.39 is 0 Å². The lowest BCUT2D eigenvalue weighted by Crippen LogP contribution is -2.52. The monoisotopic (exact) mass is 272 g/mol. The fourth-order valence-corrected chi connectivity index (χ4v) is 3.59. The van der Waals surface area contributed by atoms with Crippen LogP contribution >= 0.6 is 0 Å². The van der Waals surface area contributed by atoms with Crippen LogP contribution in [0.4, 0.5) is 5.82 Å². The molecule has 20 heavy (non-hydrogen) atoms. The molecule has 2 fully saturated rings. The predicted molar refractivity (Wildman–Crippen MR) is 76.9 cm³/mol. The van der Waals surface area contributed by atoms with Gasteiger partial charge < -0.3 is 10.2 Å². The van der Waals surface area contributed by atoms with E-state index in [1.165, 1.54) is 25.8 Å². The lowest BCUT2D eigenvalue weighted by atomic mass is 9.85. The summed E-state index contributed by atoms with van der Waals surface area (Å²) in [4.78, 5) is 11.1. The molecule has 2 unspecified atom stereocenters. The normalized spacial score (nSPS) is 26.8. The van der Waals surface area contributed by atoms with E-state index in [0.29, 0.717) is 11.8 Å². The second kappa shape index (κ2) is 4.70. The highest BCUT2D eigenvalue weighted by atomic mass is 15.4. The van der Waals surface area contributed by atoms with Gasteiger partial charge in [0.2, 0.25) is 0 Å². The Balaban J connectivity index is 1.67. The van der Waals surface area contributed by atoms with Crippen LogP contribution in [0.2, 0.25) is 0 Å². The second-order valence-electron chi connectivity index (χ2n) is 5.93. The lowest BCUT2D eigenvalue weighted by molar-refractivity contribution is 0.243. The molecule has 0 bridgehead atoms. The maximum absolute atomic E-state index is 4.42. The van der Waals surface area contributed by atoms with Crippen LogP contribution in [0.1, 0.15) is 25.0 Å². The predicted octanol–water partition coefficient (Wildman–Crippen LogP) is 1.01. The molecule has 2 aliphatic rings. The van der Waals surface area contributed by atoms with Gasteiger partial charge in [0.05, 0.1) is 0 Å². The summed E-state index contributed by atoms with van der Waals surface area (Å²) in [7, 11) is 0. The summed E-state index contributed by atoms with van der Waals surface area (Å²) in [6.45, 7) is 5.39. The topological polar surface area (TPSA) is 58.4 Å². The van der Waals surface area contributed by atoms with Gasteiger partial charge in [-0.05, 0) is 38.6 Å². The lowest BCUT2D eigenvalue weighted by Gasteiger charge is -2.42. The van der Waals surface area contributed by atoms with Gasteiger partial charge in [0, 0.05) is 30.9 Å². The molecule has 0 saturated carbocycles. The van der Waals surface area contributed by atoms with Crippen LogP contribution in [0.15, 0.2) is 12.4 Å². The fourth-order valence-electron chi connectivity index (χ4n) is 3.59. The minimum absolute atomic E-state index is 0.698. The van der Waals surface area contributed by atoms with Gasteiger partial charge in [-0.1, -0.05) is 0 Å². The molecule has 2 aliphatic heterocycles. The minimum atomic E-state index is 0.698. The minimum Gasteiger partial charge on any atom is -0.356 e. The van der Waals surface area contributed by atoms with Crippen molar-refractivity contribution in [2.75, 3.05) is 24.5 Å². The van der Waals surface area contributed by atoms with Crippen LogP contribution in [0.5, 0.6) is 0 Å². The summed E-state index contributed by atoms with van der Waals surface area (Å²) in [6, 6.07) is 2.83. The SMILES string of the molecule is Cc1cc(N2CCC3NCCCC3C2)n2ncnc2n1. The van der Waals surface area contributed by atoms with Crippen LogP contribution in [-0.4, -0.2) is 45.3 Å². The van der Waals surface area contributed by atoms with E-state index >= 15 is 0 Å². The highest BCUT2D eigenvalue weighted by molar-refractivity contribution is 5.47. The van der Waals surface area contributed by atoms with Crippen molar-refractivity contribution < 1.29 is 0 Å². The molecule has 4 rings (SSSR count). The maximum Gasteiger partial charge on any atom is 0.254 e. The average molecular weight is 272 g/mol. The summed E-state index contributed by atoms with van der Waals surface area (Å²) < 4.78 is 1.86. The molecular weight excluding hydrogens is 252 g/mol. The molecule has 0 radical (unpaired) electrons. The number of rotatable bonds is 1. The molecular formula is C14H20N6. The zero-order valence-corrected chi connectivity index (χ0v) is 11.8. The quantitative estimate of drug-likeness (QED) is 0.839. The third kappa shape index (κ3) is 1.95. The number of hydrogen-bond donors (Lipinski definition) is 1. The van der Waals surface area contributed by atoms with E-state index in [2.05, 4.69) is 31.3 Å². The van der Waals surface area contributed by atoms with Gasteiger partial charge in [0.25, 0.3) is 5.78 Å². The largest absolute Gasteiger partial charge is 0.356 e. The third-order valence-corrected chi connectivity index (χ3v) is 4.58. The molecule has 0 amide bonds. The first-order valence-electron chi connectivity index (χ1n) is 7.47. The van der Waals surface area contributed by atoms with Crippen molar-refractivity contribution in [3.8, 4) is 0 Å². The van der Waals surface area contributed by atoms with Gasteiger partial charge in [-0.3, -0.25) is 0 Å². The molecule has 0 spiro atoms. The Morgan fingerprint density at radius 1 is 1.35 bits per heavy atom. The van der Waals surface area contributed by atoms with Crippen molar-refractivity contribution in [3.05, 3.63) is 18.1 Å². The van der Waals surface area contributed by atoms with Gasteiger partial charge in [-0.15, -0.1) is 0 Å². The second-order valence-corrected chi connectivity index (χ2v) is 5.93. The Kier molecular flexibility index (Phi) is 2.84. The zero-order valence-electron chi connectivity index (χ0n) is 11.8. The van der Waals surface area contributed by atoms with Crippen LogP contribution < -0.4 is 10.2 Å². The zero-order chi connectivity index (χ0) is 13.5. The summed E-state index contributed by atoms with van der Waals surface area (Å²) in [5, 5.41) is 7.99. The summed E-state index contributed by atoms with van der Waals surface area (Å²) in [5.74, 6) is 2.59. The standard InChI is InChI=1S/C14H20N6/c1-10-7-13(20-14(18-10)16-9-17-20)19-6-4-12-11(8-19)3-2-5-15-12/h7,9,11-12,15H,2-6,8H2,1H3. The number of nitrogens with zero attached hydrogens (tertiary/aromatic N) is 5. The molecule has 2 aromatic heterocycles. The fraction of sp³-hybridized carbons (Fsp3) is 0.643. The van der Waals surface area contributed by atoms with Gasteiger partial charge in [-0.2, -0.15) is 14.6 Å². The molecule has 4 heterocycles. The number of fused-ring (bicyclic) bond motifs is 2. The van der Waals surface area contributed by atoms with Crippen LogP contribution in [0.3, 0.4) is 0 Å². The van der Waals surface area contributed by atoms with E-state index in [1.807, 2.05) is 11.4 Å². The molecule has 6 nitrogen and oxygen atoms in total. The summed E-state index contributed by atoms with van der Waals surface area (Å²) >= 11 is 0. The third-order valence-electron chi connectivity index (χ3n) is 4.58. The average Bonchev–Trinajstić information content (AvgIpc) is 2.94. The summed E-state index contributed by atoms with van der Waals surface area (Å²) in [5.41, 5.74) is 1.00. The molecule has 2 saturated heterocycles. The number of piperidine rings is 2. The van der Waals surface area contributed by atoms with Crippen molar-refractivity contribution in [3.63, 3.8) is 0 Å². The van der Waals surface area contributed by atoms with E-state index in [0.717, 1.165) is 30.5 Å². The Morgan fingerprint density at radius 3 is 3.25 bits per heavy atom. The first-order chi connectivity index (χ1) is 9.81. The molecule has 0 aliphatic carbocycles. The van der Waals surface area contributed by atoms with Crippen molar-refractivity contribution >= 4 is 11.6 Å². The smallest absolute Gasteiger partial charge is 0.254 e. The molecule has 0 aromatic carbocycles. The number of hydrogen-bond acceptors (Lipinski definition) is 5. The van der Waals surface area contributed by atoms with Crippen molar-refractivity contribution in [2.45, 2.75) is 32.2 Å². The van der Waals surface area contributed by atoms with E-state index in [-0.39, 0.29) is 0 Å². The number of anilines is 1.